The third kappa shape index (κ3) is 4.15. The van der Waals surface area contributed by atoms with Crippen molar-refractivity contribution in [1.29, 1.82) is 0 Å². The number of nitrogens with zero attached hydrogens (tertiary/aromatic N) is 1. The van der Waals surface area contributed by atoms with Crippen LogP contribution in [-0.4, -0.2) is 63.0 Å². The van der Waals surface area contributed by atoms with Crippen molar-refractivity contribution in [3.05, 3.63) is 0 Å². The highest BCUT2D eigenvalue weighted by Gasteiger charge is 2.38. The smallest absolute Gasteiger partial charge is 0.0731 e. The molecule has 0 aromatic carbocycles. The second kappa shape index (κ2) is 7.58. The fourth-order valence-corrected chi connectivity index (χ4v) is 3.41. The van der Waals surface area contributed by atoms with E-state index < -0.39 is 0 Å². The topological polar surface area (TPSA) is 33.7 Å². The van der Waals surface area contributed by atoms with E-state index >= 15 is 0 Å². The first-order valence-electron chi connectivity index (χ1n) is 7.79. The summed E-state index contributed by atoms with van der Waals surface area (Å²) in [4.78, 5) is 2.64. The van der Waals surface area contributed by atoms with Gasteiger partial charge in [0, 0.05) is 32.3 Å². The molecule has 0 amide bonds. The van der Waals surface area contributed by atoms with Crippen molar-refractivity contribution in [2.45, 2.75) is 51.3 Å². The van der Waals surface area contributed by atoms with E-state index in [1.54, 1.807) is 0 Å². The molecule has 3 atom stereocenters. The molecule has 4 nitrogen and oxygen atoms in total. The molecule has 1 heterocycles. The Hall–Kier alpha value is -0.160. The molecule has 0 bridgehead atoms. The molecular formula is C15H30N2O2. The summed E-state index contributed by atoms with van der Waals surface area (Å²) in [5, 5.41) is 3.58. The van der Waals surface area contributed by atoms with E-state index in [4.69, 9.17) is 9.47 Å². The number of hydrogen-bond donors (Lipinski definition) is 1. The summed E-state index contributed by atoms with van der Waals surface area (Å²) in [5.74, 6) is 0.701. The Morgan fingerprint density at radius 1 is 1.32 bits per heavy atom. The largest absolute Gasteiger partial charge is 0.383 e. The zero-order valence-electron chi connectivity index (χ0n) is 12.7. The van der Waals surface area contributed by atoms with Crippen molar-refractivity contribution in [2.75, 3.05) is 40.0 Å². The molecule has 0 radical (unpaired) electrons. The van der Waals surface area contributed by atoms with E-state index in [9.17, 15) is 0 Å². The van der Waals surface area contributed by atoms with Gasteiger partial charge in [-0.2, -0.15) is 0 Å². The molecule has 3 unspecified atom stereocenters. The molecule has 0 aromatic heterocycles. The number of methoxy groups -OCH3 is 1. The highest BCUT2D eigenvalue weighted by Crippen LogP contribution is 2.30. The molecule has 0 spiro atoms. The van der Waals surface area contributed by atoms with Crippen molar-refractivity contribution in [1.82, 2.24) is 10.2 Å². The normalized spacial score (nSPS) is 29.7. The van der Waals surface area contributed by atoms with Crippen molar-refractivity contribution in [3.8, 4) is 0 Å². The molecule has 2 rings (SSSR count). The molecule has 4 heteroatoms. The Bertz CT molecular complexity index is 261. The molecule has 19 heavy (non-hydrogen) atoms. The van der Waals surface area contributed by atoms with Gasteiger partial charge in [-0.05, 0) is 31.7 Å². The molecule has 0 aromatic rings. The van der Waals surface area contributed by atoms with Gasteiger partial charge < -0.3 is 14.8 Å². The van der Waals surface area contributed by atoms with E-state index in [-0.39, 0.29) is 0 Å². The number of nitrogens with one attached hydrogen (secondary N) is 1. The lowest BCUT2D eigenvalue weighted by atomic mass is 10.1. The molecule has 112 valence electrons. The second-order valence-electron chi connectivity index (χ2n) is 6.31. The van der Waals surface area contributed by atoms with Gasteiger partial charge in [0.2, 0.25) is 0 Å². The van der Waals surface area contributed by atoms with Crippen molar-refractivity contribution in [2.24, 2.45) is 5.92 Å². The minimum atomic E-state index is 0.471. The number of morpholine rings is 1. The predicted octanol–water partition coefficient (Wildman–Crippen LogP) is 1.50. The minimum Gasteiger partial charge on any atom is -0.383 e. The van der Waals surface area contributed by atoms with Crippen LogP contribution in [0, 0.1) is 5.92 Å². The van der Waals surface area contributed by atoms with E-state index in [0.29, 0.717) is 24.1 Å². The molecule has 2 aliphatic rings. The van der Waals surface area contributed by atoms with Crippen LogP contribution < -0.4 is 5.32 Å². The van der Waals surface area contributed by atoms with Crippen LogP contribution in [0.25, 0.3) is 0 Å². The first kappa shape index (κ1) is 15.2. The van der Waals surface area contributed by atoms with Gasteiger partial charge in [-0.15, -0.1) is 0 Å². The summed E-state index contributed by atoms with van der Waals surface area (Å²) in [5.41, 5.74) is 0. The SMILES string of the molecule is COCC(CNCC(C)C)N1CCOC2CCCC21. The Morgan fingerprint density at radius 2 is 2.16 bits per heavy atom. The van der Waals surface area contributed by atoms with Gasteiger partial charge in [0.1, 0.15) is 0 Å². The molecule has 1 aliphatic heterocycles. The summed E-state index contributed by atoms with van der Waals surface area (Å²) in [6.45, 7) is 9.35. The maximum absolute atomic E-state index is 5.90. The molecule has 1 N–H and O–H groups in total. The Kier molecular flexibility index (Phi) is 6.07. The van der Waals surface area contributed by atoms with Crippen LogP contribution in [0.15, 0.2) is 0 Å². The molecule has 2 fully saturated rings. The first-order chi connectivity index (χ1) is 9.22. The Balaban J connectivity index is 1.89. The average molecular weight is 270 g/mol. The molecule has 1 saturated heterocycles. The van der Waals surface area contributed by atoms with Crippen LogP contribution in [0.2, 0.25) is 0 Å². The molecule has 1 aliphatic carbocycles. The van der Waals surface area contributed by atoms with E-state index in [1.807, 2.05) is 7.11 Å². The van der Waals surface area contributed by atoms with E-state index in [0.717, 1.165) is 32.8 Å². The lowest BCUT2D eigenvalue weighted by Gasteiger charge is -2.42. The number of hydrogen-bond acceptors (Lipinski definition) is 4. The van der Waals surface area contributed by atoms with E-state index in [1.165, 1.54) is 19.3 Å². The van der Waals surface area contributed by atoms with Gasteiger partial charge in [0.05, 0.1) is 19.3 Å². The predicted molar refractivity (Wildman–Crippen MR) is 77.5 cm³/mol. The van der Waals surface area contributed by atoms with Gasteiger partial charge in [-0.25, -0.2) is 0 Å². The highest BCUT2D eigenvalue weighted by molar-refractivity contribution is 4.93. The summed E-state index contributed by atoms with van der Waals surface area (Å²) >= 11 is 0. The van der Waals surface area contributed by atoms with Gasteiger partial charge in [0.25, 0.3) is 0 Å². The standard InChI is InChI=1S/C15H30N2O2/c1-12(2)9-16-10-13(11-18-3)17-7-8-19-15-6-4-5-14(15)17/h12-16H,4-11H2,1-3H3. The lowest BCUT2D eigenvalue weighted by molar-refractivity contribution is -0.0807. The quantitative estimate of drug-likeness (QED) is 0.760. The van der Waals surface area contributed by atoms with Gasteiger partial charge in [-0.3, -0.25) is 4.90 Å². The summed E-state index contributed by atoms with van der Waals surface area (Å²) in [6.07, 6.45) is 4.30. The fraction of sp³-hybridized carbons (Fsp3) is 1.00. The summed E-state index contributed by atoms with van der Waals surface area (Å²) in [6, 6.07) is 1.10. The van der Waals surface area contributed by atoms with Crippen LogP contribution in [-0.2, 0) is 9.47 Å². The minimum absolute atomic E-state index is 0.471. The molecular weight excluding hydrogens is 240 g/mol. The number of ether oxygens (including phenoxy) is 2. The van der Waals surface area contributed by atoms with Crippen LogP contribution in [0.5, 0.6) is 0 Å². The second-order valence-corrected chi connectivity index (χ2v) is 6.31. The maximum atomic E-state index is 5.90. The fourth-order valence-electron chi connectivity index (χ4n) is 3.41. The average Bonchev–Trinajstić information content (AvgIpc) is 2.85. The van der Waals surface area contributed by atoms with Gasteiger partial charge >= 0.3 is 0 Å². The summed E-state index contributed by atoms with van der Waals surface area (Å²) < 4.78 is 11.3. The zero-order valence-corrected chi connectivity index (χ0v) is 12.7. The number of fused-ring (bicyclic) bond motifs is 1. The van der Waals surface area contributed by atoms with E-state index in [2.05, 4.69) is 24.1 Å². The maximum Gasteiger partial charge on any atom is 0.0731 e. The van der Waals surface area contributed by atoms with Gasteiger partial charge in [-0.1, -0.05) is 13.8 Å². The summed E-state index contributed by atoms with van der Waals surface area (Å²) in [7, 11) is 1.81. The third-order valence-electron chi connectivity index (χ3n) is 4.29. The van der Waals surface area contributed by atoms with Crippen molar-refractivity contribution in [3.63, 3.8) is 0 Å². The Labute approximate surface area is 117 Å². The lowest BCUT2D eigenvalue weighted by Crippen LogP contribution is -2.57. The monoisotopic (exact) mass is 270 g/mol. The van der Waals surface area contributed by atoms with Gasteiger partial charge in [0.15, 0.2) is 0 Å². The van der Waals surface area contributed by atoms with Crippen molar-refractivity contribution < 1.29 is 9.47 Å². The molecule has 1 saturated carbocycles. The number of rotatable bonds is 7. The van der Waals surface area contributed by atoms with Crippen LogP contribution in [0.4, 0.5) is 0 Å². The third-order valence-corrected chi connectivity index (χ3v) is 4.29. The van der Waals surface area contributed by atoms with Crippen molar-refractivity contribution >= 4 is 0 Å². The first-order valence-corrected chi connectivity index (χ1v) is 7.79. The van der Waals surface area contributed by atoms with Crippen LogP contribution in [0.3, 0.4) is 0 Å². The zero-order chi connectivity index (χ0) is 13.7. The van der Waals surface area contributed by atoms with Crippen LogP contribution >= 0.6 is 0 Å². The Morgan fingerprint density at radius 3 is 2.89 bits per heavy atom. The highest BCUT2D eigenvalue weighted by atomic mass is 16.5. The van der Waals surface area contributed by atoms with Crippen LogP contribution in [0.1, 0.15) is 33.1 Å².